The van der Waals surface area contributed by atoms with E-state index >= 15 is 0 Å². The molecule has 0 heterocycles. The van der Waals surface area contributed by atoms with Gasteiger partial charge in [-0.15, -0.1) is 0 Å². The zero-order valence-electron chi connectivity index (χ0n) is 5.96. The molecular weight excluding hydrogens is 112 g/mol. The SMILES string of the molecule is [C-]#[N+]/C=C/N(CC)CC. The third-order valence-electron chi connectivity index (χ3n) is 1.16. The summed E-state index contributed by atoms with van der Waals surface area (Å²) in [6.07, 6.45) is 3.29. The summed E-state index contributed by atoms with van der Waals surface area (Å²) in [6.45, 7) is 12.5. The fourth-order valence-electron chi connectivity index (χ4n) is 0.562. The van der Waals surface area contributed by atoms with Gasteiger partial charge >= 0.3 is 0 Å². The van der Waals surface area contributed by atoms with Crippen molar-refractivity contribution in [1.29, 1.82) is 0 Å². The molecule has 0 radical (unpaired) electrons. The predicted octanol–water partition coefficient (Wildman–Crippen LogP) is 1.72. The van der Waals surface area contributed by atoms with E-state index in [0.29, 0.717) is 0 Å². The topological polar surface area (TPSA) is 7.60 Å². The van der Waals surface area contributed by atoms with Crippen LogP contribution in [0.3, 0.4) is 0 Å². The number of hydrogen-bond acceptors (Lipinski definition) is 1. The Morgan fingerprint density at radius 3 is 2.33 bits per heavy atom. The van der Waals surface area contributed by atoms with E-state index in [1.54, 1.807) is 0 Å². The highest BCUT2D eigenvalue weighted by atomic mass is 15.1. The average Bonchev–Trinajstić information content (AvgIpc) is 1.91. The molecule has 0 aromatic rings. The average molecular weight is 124 g/mol. The second-order valence-corrected chi connectivity index (χ2v) is 1.65. The number of rotatable bonds is 3. The summed E-state index contributed by atoms with van der Waals surface area (Å²) in [5.41, 5.74) is 0. The third kappa shape index (κ3) is 3.60. The number of hydrogen-bond donors (Lipinski definition) is 0. The summed E-state index contributed by atoms with van der Waals surface area (Å²) in [5, 5.41) is 0. The van der Waals surface area contributed by atoms with Crippen LogP contribution in [0.2, 0.25) is 0 Å². The van der Waals surface area contributed by atoms with E-state index in [1.807, 2.05) is 6.20 Å². The van der Waals surface area contributed by atoms with Gasteiger partial charge in [0.1, 0.15) is 0 Å². The van der Waals surface area contributed by atoms with E-state index in [1.165, 1.54) is 6.20 Å². The van der Waals surface area contributed by atoms with Crippen molar-refractivity contribution >= 4 is 0 Å². The molecule has 0 aromatic carbocycles. The number of nitrogens with zero attached hydrogens (tertiary/aromatic N) is 2. The van der Waals surface area contributed by atoms with Crippen LogP contribution in [0.15, 0.2) is 12.4 Å². The highest BCUT2D eigenvalue weighted by Gasteiger charge is 1.85. The fourth-order valence-corrected chi connectivity index (χ4v) is 0.562. The van der Waals surface area contributed by atoms with Crippen molar-refractivity contribution in [3.8, 4) is 0 Å². The lowest BCUT2D eigenvalue weighted by atomic mass is 10.5. The van der Waals surface area contributed by atoms with Crippen LogP contribution in [0.4, 0.5) is 0 Å². The zero-order chi connectivity index (χ0) is 7.11. The van der Waals surface area contributed by atoms with Crippen LogP contribution in [0.5, 0.6) is 0 Å². The molecule has 2 heteroatoms. The lowest BCUT2D eigenvalue weighted by Crippen LogP contribution is -2.14. The molecule has 0 unspecified atom stereocenters. The third-order valence-corrected chi connectivity index (χ3v) is 1.16. The molecule has 0 aliphatic heterocycles. The Labute approximate surface area is 56.6 Å². The van der Waals surface area contributed by atoms with Crippen molar-refractivity contribution in [1.82, 2.24) is 4.90 Å². The van der Waals surface area contributed by atoms with Crippen LogP contribution >= 0.6 is 0 Å². The van der Waals surface area contributed by atoms with E-state index in [4.69, 9.17) is 6.57 Å². The largest absolute Gasteiger partial charge is 0.388 e. The van der Waals surface area contributed by atoms with Crippen LogP contribution in [0, 0.1) is 6.57 Å². The van der Waals surface area contributed by atoms with Crippen molar-refractivity contribution in [2.75, 3.05) is 13.1 Å². The fraction of sp³-hybridized carbons (Fsp3) is 0.571. The van der Waals surface area contributed by atoms with E-state index < -0.39 is 0 Å². The maximum absolute atomic E-state index is 6.46. The minimum Gasteiger partial charge on any atom is -0.388 e. The Balaban J connectivity index is 3.57. The summed E-state index contributed by atoms with van der Waals surface area (Å²) in [4.78, 5) is 5.17. The Kier molecular flexibility index (Phi) is 4.61. The first-order chi connectivity index (χ1) is 4.35. The summed E-state index contributed by atoms with van der Waals surface area (Å²) >= 11 is 0. The maximum atomic E-state index is 6.46. The monoisotopic (exact) mass is 124 g/mol. The Hall–Kier alpha value is -0.970. The molecule has 0 aliphatic carbocycles. The Morgan fingerprint density at radius 2 is 2.00 bits per heavy atom. The first kappa shape index (κ1) is 8.03. The molecule has 0 saturated heterocycles. The molecule has 9 heavy (non-hydrogen) atoms. The van der Waals surface area contributed by atoms with E-state index in [-0.39, 0.29) is 0 Å². The van der Waals surface area contributed by atoms with Crippen molar-refractivity contribution in [3.05, 3.63) is 23.8 Å². The van der Waals surface area contributed by atoms with Crippen molar-refractivity contribution < 1.29 is 0 Å². The molecule has 0 N–H and O–H groups in total. The van der Waals surface area contributed by atoms with Gasteiger partial charge in [-0.25, -0.2) is 4.85 Å². The normalized spacial score (nSPS) is 9.44. The van der Waals surface area contributed by atoms with E-state index in [2.05, 4.69) is 23.6 Å². The smallest absolute Gasteiger partial charge is 0.169 e. The molecule has 0 saturated carbocycles. The predicted molar refractivity (Wildman–Crippen MR) is 38.7 cm³/mol. The second kappa shape index (κ2) is 5.17. The van der Waals surface area contributed by atoms with Crippen LogP contribution in [0.1, 0.15) is 13.8 Å². The van der Waals surface area contributed by atoms with Crippen LogP contribution in [-0.2, 0) is 0 Å². The van der Waals surface area contributed by atoms with Crippen molar-refractivity contribution in [2.45, 2.75) is 13.8 Å². The first-order valence-electron chi connectivity index (χ1n) is 3.12. The van der Waals surface area contributed by atoms with Gasteiger partial charge in [0.2, 0.25) is 0 Å². The molecule has 0 amide bonds. The summed E-state index contributed by atoms with van der Waals surface area (Å²) in [6, 6.07) is 0. The molecule has 0 aliphatic rings. The van der Waals surface area contributed by atoms with Gasteiger partial charge in [0, 0.05) is 13.1 Å². The maximum Gasteiger partial charge on any atom is 0.169 e. The lowest BCUT2D eigenvalue weighted by Gasteiger charge is -2.13. The lowest BCUT2D eigenvalue weighted by molar-refractivity contribution is 0.419. The van der Waals surface area contributed by atoms with Crippen LogP contribution < -0.4 is 0 Å². The van der Waals surface area contributed by atoms with Gasteiger partial charge in [-0.1, -0.05) is 0 Å². The zero-order valence-corrected chi connectivity index (χ0v) is 5.96. The second-order valence-electron chi connectivity index (χ2n) is 1.65. The van der Waals surface area contributed by atoms with Crippen LogP contribution in [-0.4, -0.2) is 18.0 Å². The summed E-state index contributed by atoms with van der Waals surface area (Å²) in [5.74, 6) is 0. The van der Waals surface area contributed by atoms with Crippen molar-refractivity contribution in [3.63, 3.8) is 0 Å². The standard InChI is InChI=1S/C7H12N2/c1-4-9(5-2)7-6-8-3/h6-7H,4-5H2,1-2H3/b7-6+. The van der Waals surface area contributed by atoms with Gasteiger partial charge in [0.05, 0.1) is 6.57 Å². The molecule has 0 aromatic heterocycles. The van der Waals surface area contributed by atoms with Gasteiger partial charge in [-0.05, 0) is 20.0 Å². The molecule has 0 rings (SSSR count). The van der Waals surface area contributed by atoms with Gasteiger partial charge < -0.3 is 4.90 Å². The highest BCUT2D eigenvalue weighted by molar-refractivity contribution is 4.88. The highest BCUT2D eigenvalue weighted by Crippen LogP contribution is 1.87. The minimum atomic E-state index is 0.975. The van der Waals surface area contributed by atoms with Gasteiger partial charge in [0.15, 0.2) is 6.20 Å². The summed E-state index contributed by atoms with van der Waals surface area (Å²) in [7, 11) is 0. The van der Waals surface area contributed by atoms with E-state index in [0.717, 1.165) is 13.1 Å². The quantitative estimate of drug-likeness (QED) is 0.520. The summed E-state index contributed by atoms with van der Waals surface area (Å²) < 4.78 is 0. The van der Waals surface area contributed by atoms with E-state index in [9.17, 15) is 0 Å². The van der Waals surface area contributed by atoms with Crippen LogP contribution in [0.25, 0.3) is 4.85 Å². The molecule has 0 atom stereocenters. The van der Waals surface area contributed by atoms with Gasteiger partial charge in [0.25, 0.3) is 0 Å². The first-order valence-corrected chi connectivity index (χ1v) is 3.12. The Bertz CT molecular complexity index is 117. The molecule has 0 fully saturated rings. The van der Waals surface area contributed by atoms with Crippen molar-refractivity contribution in [2.24, 2.45) is 0 Å². The molecule has 0 spiro atoms. The molecule has 50 valence electrons. The molecular formula is C7H12N2. The van der Waals surface area contributed by atoms with Gasteiger partial charge in [-0.3, -0.25) is 0 Å². The molecule has 2 nitrogen and oxygen atoms in total. The Morgan fingerprint density at radius 1 is 1.44 bits per heavy atom. The molecule has 0 bridgehead atoms. The minimum absolute atomic E-state index is 0.975. The van der Waals surface area contributed by atoms with Gasteiger partial charge in [-0.2, -0.15) is 0 Å².